The van der Waals surface area contributed by atoms with E-state index < -0.39 is 0 Å². The number of nitrogens with one attached hydrogen (secondary N) is 1. The van der Waals surface area contributed by atoms with Crippen LogP contribution < -0.4 is 10.2 Å². The second kappa shape index (κ2) is 8.25. The number of carbonyl (C=O) groups is 1. The third-order valence-corrected chi connectivity index (χ3v) is 4.04. The third-order valence-electron chi connectivity index (χ3n) is 4.04. The lowest BCUT2D eigenvalue weighted by Gasteiger charge is -2.23. The molecule has 1 aromatic heterocycles. The Morgan fingerprint density at radius 3 is 2.46 bits per heavy atom. The first-order valence-corrected chi connectivity index (χ1v) is 8.48. The average Bonchev–Trinajstić information content (AvgIpc) is 2.69. The van der Waals surface area contributed by atoms with E-state index in [0.717, 1.165) is 23.5 Å². The number of halogens is 1. The van der Waals surface area contributed by atoms with Crippen LogP contribution in [-0.4, -0.2) is 17.4 Å². The van der Waals surface area contributed by atoms with E-state index in [4.69, 9.17) is 0 Å². The molecule has 0 radical (unpaired) electrons. The molecule has 0 saturated heterocycles. The van der Waals surface area contributed by atoms with Crippen LogP contribution in [-0.2, 0) is 6.54 Å². The molecule has 2 aromatic carbocycles. The number of rotatable bonds is 6. The summed E-state index contributed by atoms with van der Waals surface area (Å²) in [5, 5.41) is 2.82. The first-order chi connectivity index (χ1) is 12.7. The Balaban J connectivity index is 1.73. The highest BCUT2D eigenvalue weighted by atomic mass is 19.1. The number of anilines is 2. The van der Waals surface area contributed by atoms with Crippen molar-refractivity contribution < 1.29 is 9.18 Å². The van der Waals surface area contributed by atoms with Gasteiger partial charge in [0.1, 0.15) is 11.5 Å². The molecule has 0 bridgehead atoms. The van der Waals surface area contributed by atoms with Gasteiger partial charge in [-0.1, -0.05) is 30.3 Å². The highest BCUT2D eigenvalue weighted by molar-refractivity contribution is 5.93. The summed E-state index contributed by atoms with van der Waals surface area (Å²) in [5.41, 5.74) is 3.13. The third kappa shape index (κ3) is 4.25. The summed E-state index contributed by atoms with van der Waals surface area (Å²) in [6.07, 6.45) is 1.63. The SMILES string of the molecule is CCN(c1ccccc1)c1ccnc(C(=O)NCc2ccc(F)cc2)c1. The van der Waals surface area contributed by atoms with E-state index in [-0.39, 0.29) is 11.7 Å². The lowest BCUT2D eigenvalue weighted by molar-refractivity contribution is 0.0946. The van der Waals surface area contributed by atoms with Gasteiger partial charge >= 0.3 is 0 Å². The summed E-state index contributed by atoms with van der Waals surface area (Å²) in [5.74, 6) is -0.560. The molecule has 0 unspecified atom stereocenters. The fourth-order valence-electron chi connectivity index (χ4n) is 2.71. The predicted molar refractivity (Wildman–Crippen MR) is 101 cm³/mol. The molecular weight excluding hydrogens is 329 g/mol. The van der Waals surface area contributed by atoms with E-state index in [1.807, 2.05) is 36.4 Å². The van der Waals surface area contributed by atoms with Crippen LogP contribution in [0, 0.1) is 5.82 Å². The number of benzene rings is 2. The van der Waals surface area contributed by atoms with Crippen LogP contribution in [0.4, 0.5) is 15.8 Å². The predicted octanol–water partition coefficient (Wildman–Crippen LogP) is 4.31. The molecular formula is C21H20FN3O. The van der Waals surface area contributed by atoms with Gasteiger partial charge in [0.2, 0.25) is 0 Å². The van der Waals surface area contributed by atoms with E-state index in [2.05, 4.69) is 22.1 Å². The van der Waals surface area contributed by atoms with Crippen LogP contribution in [0.1, 0.15) is 23.0 Å². The number of para-hydroxylation sites is 1. The van der Waals surface area contributed by atoms with Crippen LogP contribution in [0.5, 0.6) is 0 Å². The van der Waals surface area contributed by atoms with Crippen molar-refractivity contribution in [2.75, 3.05) is 11.4 Å². The molecule has 3 aromatic rings. The van der Waals surface area contributed by atoms with Gasteiger partial charge in [0.25, 0.3) is 5.91 Å². The minimum atomic E-state index is -0.296. The molecule has 1 N–H and O–H groups in total. The van der Waals surface area contributed by atoms with Gasteiger partial charge in [0, 0.05) is 30.7 Å². The van der Waals surface area contributed by atoms with E-state index in [1.165, 1.54) is 12.1 Å². The Labute approximate surface area is 152 Å². The summed E-state index contributed by atoms with van der Waals surface area (Å²) in [6, 6.07) is 19.7. The Morgan fingerprint density at radius 1 is 1.04 bits per heavy atom. The maximum Gasteiger partial charge on any atom is 0.270 e. The van der Waals surface area contributed by atoms with Crippen LogP contribution in [0.25, 0.3) is 0 Å². The Hall–Kier alpha value is -3.21. The first kappa shape index (κ1) is 17.6. The first-order valence-electron chi connectivity index (χ1n) is 8.48. The summed E-state index contributed by atoms with van der Waals surface area (Å²) in [4.78, 5) is 18.7. The molecule has 0 fully saturated rings. The van der Waals surface area contributed by atoms with Crippen LogP contribution in [0.2, 0.25) is 0 Å². The zero-order valence-corrected chi connectivity index (χ0v) is 14.5. The van der Waals surface area contributed by atoms with Gasteiger partial charge < -0.3 is 10.2 Å². The molecule has 4 nitrogen and oxygen atoms in total. The second-order valence-electron chi connectivity index (χ2n) is 5.79. The molecule has 26 heavy (non-hydrogen) atoms. The molecule has 0 atom stereocenters. The summed E-state index contributed by atoms with van der Waals surface area (Å²) < 4.78 is 12.9. The normalized spacial score (nSPS) is 10.4. The largest absolute Gasteiger partial charge is 0.347 e. The number of pyridine rings is 1. The van der Waals surface area contributed by atoms with E-state index in [0.29, 0.717) is 12.2 Å². The van der Waals surface area contributed by atoms with Crippen LogP contribution in [0.15, 0.2) is 72.9 Å². The highest BCUT2D eigenvalue weighted by Gasteiger charge is 2.12. The number of nitrogens with zero attached hydrogens (tertiary/aromatic N) is 2. The fraction of sp³-hybridized carbons (Fsp3) is 0.143. The Morgan fingerprint density at radius 2 is 1.77 bits per heavy atom. The van der Waals surface area contributed by atoms with Gasteiger partial charge in [-0.2, -0.15) is 0 Å². The van der Waals surface area contributed by atoms with Crippen molar-refractivity contribution in [3.63, 3.8) is 0 Å². The molecule has 0 aliphatic heterocycles. The smallest absolute Gasteiger partial charge is 0.270 e. The molecule has 0 aliphatic rings. The molecule has 0 spiro atoms. The standard InChI is InChI=1S/C21H20FN3O/c1-2-25(18-6-4-3-5-7-18)19-12-13-23-20(14-19)21(26)24-15-16-8-10-17(22)11-9-16/h3-14H,2,15H2,1H3,(H,24,26). The molecule has 3 rings (SSSR count). The van der Waals surface area contributed by atoms with Crippen molar-refractivity contribution in [1.82, 2.24) is 10.3 Å². The van der Waals surface area contributed by atoms with Crippen molar-refractivity contribution in [2.45, 2.75) is 13.5 Å². The van der Waals surface area contributed by atoms with Crippen molar-refractivity contribution in [3.05, 3.63) is 90.0 Å². The molecule has 1 amide bonds. The summed E-state index contributed by atoms with van der Waals surface area (Å²) >= 11 is 0. The number of aromatic nitrogens is 1. The highest BCUT2D eigenvalue weighted by Crippen LogP contribution is 2.24. The van der Waals surface area contributed by atoms with Crippen molar-refractivity contribution >= 4 is 17.3 Å². The van der Waals surface area contributed by atoms with E-state index >= 15 is 0 Å². The quantitative estimate of drug-likeness (QED) is 0.721. The summed E-state index contributed by atoms with van der Waals surface area (Å²) in [6.45, 7) is 3.15. The van der Waals surface area contributed by atoms with Gasteiger partial charge in [-0.15, -0.1) is 0 Å². The van der Waals surface area contributed by atoms with Crippen molar-refractivity contribution in [3.8, 4) is 0 Å². The molecule has 132 valence electrons. The van der Waals surface area contributed by atoms with Gasteiger partial charge in [0.05, 0.1) is 0 Å². The van der Waals surface area contributed by atoms with Gasteiger partial charge in [-0.25, -0.2) is 4.39 Å². The minimum absolute atomic E-state index is 0.264. The molecule has 0 saturated carbocycles. The van der Waals surface area contributed by atoms with E-state index in [9.17, 15) is 9.18 Å². The average molecular weight is 349 g/mol. The van der Waals surface area contributed by atoms with Crippen LogP contribution >= 0.6 is 0 Å². The zero-order chi connectivity index (χ0) is 18.4. The van der Waals surface area contributed by atoms with Gasteiger partial charge in [-0.3, -0.25) is 9.78 Å². The topological polar surface area (TPSA) is 45.2 Å². The minimum Gasteiger partial charge on any atom is -0.347 e. The molecule has 0 aliphatic carbocycles. The molecule has 5 heteroatoms. The monoisotopic (exact) mass is 349 g/mol. The van der Waals surface area contributed by atoms with E-state index in [1.54, 1.807) is 24.4 Å². The van der Waals surface area contributed by atoms with Crippen LogP contribution in [0.3, 0.4) is 0 Å². The number of hydrogen-bond donors (Lipinski definition) is 1. The van der Waals surface area contributed by atoms with Gasteiger partial charge in [-0.05, 0) is 48.9 Å². The van der Waals surface area contributed by atoms with Crippen molar-refractivity contribution in [2.24, 2.45) is 0 Å². The maximum atomic E-state index is 12.9. The second-order valence-corrected chi connectivity index (χ2v) is 5.79. The number of amides is 1. The Kier molecular flexibility index (Phi) is 5.59. The Bertz CT molecular complexity index is 866. The maximum absolute atomic E-state index is 12.9. The fourth-order valence-corrected chi connectivity index (χ4v) is 2.71. The number of hydrogen-bond acceptors (Lipinski definition) is 3. The van der Waals surface area contributed by atoms with Crippen molar-refractivity contribution in [1.29, 1.82) is 0 Å². The summed E-state index contributed by atoms with van der Waals surface area (Å²) in [7, 11) is 0. The lowest BCUT2D eigenvalue weighted by Crippen LogP contribution is -2.24. The van der Waals surface area contributed by atoms with Gasteiger partial charge in [0.15, 0.2) is 0 Å². The lowest BCUT2D eigenvalue weighted by atomic mass is 10.2. The molecule has 1 heterocycles. The zero-order valence-electron chi connectivity index (χ0n) is 14.5. The number of carbonyl (C=O) groups excluding carboxylic acids is 1.